The largest absolute Gasteiger partial charge is 0.208 e. The summed E-state index contributed by atoms with van der Waals surface area (Å²) in [6.45, 7) is 0. The van der Waals surface area contributed by atoms with Crippen molar-refractivity contribution in [3.63, 3.8) is 0 Å². The lowest BCUT2D eigenvalue weighted by Gasteiger charge is -2.49. The number of allylic oxidation sites excluding steroid dienone is 8. The first kappa shape index (κ1) is 33.0. The van der Waals surface area contributed by atoms with Crippen LogP contribution in [0.2, 0.25) is 0 Å². The maximum Gasteiger partial charge on any atom is 0.164 e. The van der Waals surface area contributed by atoms with Gasteiger partial charge in [-0.2, -0.15) is 0 Å². The van der Waals surface area contributed by atoms with Crippen LogP contribution in [0.3, 0.4) is 0 Å². The molecule has 1 heterocycles. The van der Waals surface area contributed by atoms with Gasteiger partial charge in [-0.15, -0.1) is 0 Å². The van der Waals surface area contributed by atoms with E-state index in [2.05, 4.69) is 176 Å². The van der Waals surface area contributed by atoms with Gasteiger partial charge in [0.15, 0.2) is 17.5 Å². The second-order valence-corrected chi connectivity index (χ2v) is 16.9. The number of benzene rings is 7. The molecular formula is C56H39N3. The molecule has 3 heteroatoms. The highest BCUT2D eigenvalue weighted by Crippen LogP contribution is 2.77. The van der Waals surface area contributed by atoms with Crippen molar-refractivity contribution >= 4 is 21.5 Å². The van der Waals surface area contributed by atoms with Gasteiger partial charge in [0, 0.05) is 33.9 Å². The lowest BCUT2D eigenvalue weighted by Crippen LogP contribution is -2.42. The van der Waals surface area contributed by atoms with Crippen LogP contribution < -0.4 is 0 Å². The Kier molecular flexibility index (Phi) is 7.01. The summed E-state index contributed by atoms with van der Waals surface area (Å²) in [6, 6.07) is 54.8. The average molecular weight is 754 g/mol. The quantitative estimate of drug-likeness (QED) is 0.176. The fourth-order valence-corrected chi connectivity index (χ4v) is 11.4. The van der Waals surface area contributed by atoms with Crippen molar-refractivity contribution in [3.05, 3.63) is 209 Å². The Morgan fingerprint density at radius 3 is 1.71 bits per heavy atom. The Morgan fingerprint density at radius 2 is 1.00 bits per heavy atom. The Hall–Kier alpha value is -6.97. The molecular weight excluding hydrogens is 715 g/mol. The summed E-state index contributed by atoms with van der Waals surface area (Å²) >= 11 is 0. The standard InChI is InChI=1S/C56H39N3/c1-3-12-38-31-43(26-22-34(38)10-1)54-57-53(58-55(59-54)44-27-23-35-11-2-4-13-39(35)32-44)37-24-20-36(21-25-37)40-14-9-15-41(30-40)42-28-29-47-50(33-42)56-48-18-7-5-16-45(48)51(52(47)56)46-17-6-8-19-49(46)56/h1-5,8-16,19-33,51-52H,6-7,17-18H2. The molecule has 3 nitrogen and oxygen atoms in total. The molecule has 13 rings (SSSR count). The van der Waals surface area contributed by atoms with Crippen LogP contribution in [-0.4, -0.2) is 15.0 Å². The van der Waals surface area contributed by atoms with E-state index in [-0.39, 0.29) is 5.41 Å². The Bertz CT molecular complexity index is 3140. The molecule has 0 spiro atoms. The first-order chi connectivity index (χ1) is 29.2. The van der Waals surface area contributed by atoms with Gasteiger partial charge in [0.2, 0.25) is 0 Å². The molecule has 8 aromatic rings. The van der Waals surface area contributed by atoms with Gasteiger partial charge < -0.3 is 0 Å². The Labute approximate surface area is 343 Å². The zero-order chi connectivity index (χ0) is 38.7. The van der Waals surface area contributed by atoms with E-state index in [0.29, 0.717) is 29.3 Å². The van der Waals surface area contributed by atoms with Crippen molar-refractivity contribution in [2.45, 2.75) is 37.0 Å². The molecule has 0 fully saturated rings. The molecule has 7 aromatic carbocycles. The Morgan fingerprint density at radius 1 is 0.441 bits per heavy atom. The SMILES string of the molecule is C1=CC2=C(CC1)C1C3=C(CCC=C3)C23c2cc(-c4cccc(-c5ccc(-c6nc(-c7ccc8ccccc8c7)nc(-c7ccc8ccccc8c7)n6)cc5)c4)ccc2C13. The molecule has 2 bridgehead atoms. The first-order valence-electron chi connectivity index (χ1n) is 21.1. The molecule has 5 aliphatic carbocycles. The number of nitrogens with zero attached hydrogens (tertiary/aromatic N) is 3. The van der Waals surface area contributed by atoms with Gasteiger partial charge in [0.05, 0.1) is 0 Å². The van der Waals surface area contributed by atoms with E-state index < -0.39 is 0 Å². The fourth-order valence-electron chi connectivity index (χ4n) is 11.4. The van der Waals surface area contributed by atoms with Crippen LogP contribution in [0.15, 0.2) is 198 Å². The third-order valence-corrected chi connectivity index (χ3v) is 14.0. The van der Waals surface area contributed by atoms with E-state index in [9.17, 15) is 0 Å². The van der Waals surface area contributed by atoms with Crippen LogP contribution >= 0.6 is 0 Å². The molecule has 0 aliphatic heterocycles. The molecule has 0 saturated heterocycles. The van der Waals surface area contributed by atoms with E-state index in [4.69, 9.17) is 15.0 Å². The third kappa shape index (κ3) is 4.79. The lowest BCUT2D eigenvalue weighted by atomic mass is 9.53. The van der Waals surface area contributed by atoms with Crippen LogP contribution in [-0.2, 0) is 5.41 Å². The maximum atomic E-state index is 5.10. The van der Waals surface area contributed by atoms with Crippen molar-refractivity contribution in [3.8, 4) is 56.4 Å². The van der Waals surface area contributed by atoms with Crippen LogP contribution in [0.25, 0.3) is 78.0 Å². The number of fused-ring (bicyclic) bond motifs is 5. The smallest absolute Gasteiger partial charge is 0.164 e. The summed E-state index contributed by atoms with van der Waals surface area (Å²) in [5.74, 6) is 3.16. The van der Waals surface area contributed by atoms with E-state index >= 15 is 0 Å². The zero-order valence-electron chi connectivity index (χ0n) is 32.6. The van der Waals surface area contributed by atoms with Gasteiger partial charge in [0.1, 0.15) is 0 Å². The molecule has 1 aromatic heterocycles. The highest BCUT2D eigenvalue weighted by Gasteiger charge is 2.68. The van der Waals surface area contributed by atoms with Crippen LogP contribution in [0.4, 0.5) is 0 Å². The zero-order valence-corrected chi connectivity index (χ0v) is 32.6. The summed E-state index contributed by atoms with van der Waals surface area (Å²) in [5, 5.41) is 4.70. The normalized spacial score (nSPS) is 20.7. The molecule has 0 saturated carbocycles. The van der Waals surface area contributed by atoms with Gasteiger partial charge in [-0.25, -0.2) is 15.0 Å². The minimum absolute atomic E-state index is 0.0904. The molecule has 59 heavy (non-hydrogen) atoms. The summed E-state index contributed by atoms with van der Waals surface area (Å²) in [4.78, 5) is 15.3. The minimum Gasteiger partial charge on any atom is -0.208 e. The van der Waals surface area contributed by atoms with Gasteiger partial charge >= 0.3 is 0 Å². The summed E-state index contributed by atoms with van der Waals surface area (Å²) in [6.07, 6.45) is 14.6. The summed E-state index contributed by atoms with van der Waals surface area (Å²) in [7, 11) is 0. The van der Waals surface area contributed by atoms with Crippen molar-refractivity contribution < 1.29 is 0 Å². The molecule has 3 atom stereocenters. The maximum absolute atomic E-state index is 5.10. The minimum atomic E-state index is 0.0904. The summed E-state index contributed by atoms with van der Waals surface area (Å²) < 4.78 is 0. The van der Waals surface area contributed by atoms with Gasteiger partial charge in [-0.3, -0.25) is 0 Å². The Balaban J connectivity index is 0.860. The molecule has 278 valence electrons. The van der Waals surface area contributed by atoms with Crippen LogP contribution in [0, 0.1) is 5.92 Å². The molecule has 0 amide bonds. The molecule has 0 N–H and O–H groups in total. The predicted octanol–water partition coefficient (Wildman–Crippen LogP) is 13.8. The first-order valence-corrected chi connectivity index (χ1v) is 21.1. The van der Waals surface area contributed by atoms with Gasteiger partial charge in [0.25, 0.3) is 0 Å². The van der Waals surface area contributed by atoms with E-state index in [1.807, 2.05) is 0 Å². The number of aromatic nitrogens is 3. The van der Waals surface area contributed by atoms with Gasteiger partial charge in [-0.1, -0.05) is 163 Å². The topological polar surface area (TPSA) is 38.7 Å². The van der Waals surface area contributed by atoms with Crippen molar-refractivity contribution in [2.75, 3.05) is 0 Å². The third-order valence-electron chi connectivity index (χ3n) is 14.0. The number of hydrogen-bond acceptors (Lipinski definition) is 3. The van der Waals surface area contributed by atoms with Crippen molar-refractivity contribution in [1.29, 1.82) is 0 Å². The number of hydrogen-bond donors (Lipinski definition) is 0. The molecule has 3 unspecified atom stereocenters. The van der Waals surface area contributed by atoms with Crippen LogP contribution in [0.1, 0.15) is 42.7 Å². The van der Waals surface area contributed by atoms with Crippen molar-refractivity contribution in [2.24, 2.45) is 5.92 Å². The second kappa shape index (κ2) is 12.5. The van der Waals surface area contributed by atoms with E-state index in [1.165, 1.54) is 46.7 Å². The fraction of sp³-hybridized carbons (Fsp3) is 0.125. The predicted molar refractivity (Wildman–Crippen MR) is 241 cm³/mol. The van der Waals surface area contributed by atoms with Gasteiger partial charge in [-0.05, 0) is 116 Å². The highest BCUT2D eigenvalue weighted by molar-refractivity contribution is 5.89. The van der Waals surface area contributed by atoms with E-state index in [1.54, 1.807) is 33.4 Å². The number of rotatable bonds is 5. The summed E-state index contributed by atoms with van der Waals surface area (Å²) in [5.41, 5.74) is 17.7. The monoisotopic (exact) mass is 753 g/mol. The van der Waals surface area contributed by atoms with E-state index in [0.717, 1.165) is 39.4 Å². The lowest BCUT2D eigenvalue weighted by molar-refractivity contribution is 0.418. The molecule has 5 aliphatic rings. The highest BCUT2D eigenvalue weighted by atomic mass is 15.0. The average Bonchev–Trinajstić information content (AvgIpc) is 3.72. The van der Waals surface area contributed by atoms with Crippen molar-refractivity contribution in [1.82, 2.24) is 15.0 Å². The molecule has 0 radical (unpaired) electrons. The second-order valence-electron chi connectivity index (χ2n) is 16.9. The van der Waals surface area contributed by atoms with Crippen LogP contribution in [0.5, 0.6) is 0 Å².